The van der Waals surface area contributed by atoms with Crippen LogP contribution < -0.4 is 14.4 Å². The van der Waals surface area contributed by atoms with E-state index in [-0.39, 0.29) is 18.9 Å². The van der Waals surface area contributed by atoms with Crippen molar-refractivity contribution in [1.29, 1.82) is 0 Å². The number of nitrogens with zero attached hydrogens (tertiary/aromatic N) is 1. The average Bonchev–Trinajstić information content (AvgIpc) is 2.79. The van der Waals surface area contributed by atoms with Crippen molar-refractivity contribution < 1.29 is 34.1 Å². The number of hydrogen-bond donors (Lipinski definition) is 2. The molecule has 8 nitrogen and oxygen atoms in total. The van der Waals surface area contributed by atoms with E-state index < -0.39 is 23.5 Å². The first-order valence-electron chi connectivity index (χ1n) is 11.4. The second kappa shape index (κ2) is 11.0. The molecule has 0 aliphatic carbocycles. The highest BCUT2D eigenvalue weighted by Crippen LogP contribution is 2.35. The number of para-hydroxylation sites is 3. The fourth-order valence-electron chi connectivity index (χ4n) is 3.86. The lowest BCUT2D eigenvalue weighted by Crippen LogP contribution is -2.47. The Morgan fingerprint density at radius 3 is 2.50 bits per heavy atom. The van der Waals surface area contributed by atoms with Crippen LogP contribution in [0.15, 0.2) is 48.5 Å². The Morgan fingerprint density at radius 2 is 1.76 bits per heavy atom. The first kappa shape index (κ1) is 25.1. The molecule has 0 saturated heterocycles. The number of carboxylic acid groups (broad SMARTS) is 2. The normalized spacial score (nSPS) is 15.4. The Kier molecular flexibility index (Phi) is 8.15. The Morgan fingerprint density at radius 1 is 1.06 bits per heavy atom. The molecular weight excluding hydrogens is 438 g/mol. The van der Waals surface area contributed by atoms with Gasteiger partial charge in [-0.3, -0.25) is 14.4 Å². The van der Waals surface area contributed by atoms with E-state index in [1.165, 1.54) is 0 Å². The molecule has 0 spiro atoms. The van der Waals surface area contributed by atoms with Gasteiger partial charge in [0.05, 0.1) is 24.1 Å². The molecule has 182 valence electrons. The van der Waals surface area contributed by atoms with Crippen LogP contribution in [0.1, 0.15) is 45.1 Å². The molecular formula is C26H31NO7. The van der Waals surface area contributed by atoms with Crippen molar-refractivity contribution in [1.82, 2.24) is 0 Å². The number of amides is 1. The number of carbonyl (C=O) groups excluding carboxylic acids is 1. The minimum absolute atomic E-state index is 0.144. The van der Waals surface area contributed by atoms with Gasteiger partial charge in [0.25, 0.3) is 5.91 Å². The van der Waals surface area contributed by atoms with E-state index >= 15 is 0 Å². The molecule has 0 bridgehead atoms. The van der Waals surface area contributed by atoms with Gasteiger partial charge in [-0.25, -0.2) is 0 Å². The lowest BCUT2D eigenvalue weighted by molar-refractivity contribution is -0.147. The summed E-state index contributed by atoms with van der Waals surface area (Å²) < 4.78 is 11.8. The number of hydrogen-bond acceptors (Lipinski definition) is 5. The molecule has 1 aliphatic rings. The summed E-state index contributed by atoms with van der Waals surface area (Å²) >= 11 is 0. The van der Waals surface area contributed by atoms with E-state index in [9.17, 15) is 19.5 Å². The van der Waals surface area contributed by atoms with Crippen molar-refractivity contribution in [2.45, 2.75) is 52.1 Å². The van der Waals surface area contributed by atoms with Crippen LogP contribution in [-0.4, -0.2) is 47.3 Å². The predicted octanol–water partition coefficient (Wildman–Crippen LogP) is 4.16. The summed E-state index contributed by atoms with van der Waals surface area (Å²) in [4.78, 5) is 37.3. The first-order valence-corrected chi connectivity index (χ1v) is 11.4. The van der Waals surface area contributed by atoms with Gasteiger partial charge in [-0.1, -0.05) is 36.8 Å². The summed E-state index contributed by atoms with van der Waals surface area (Å²) in [6.07, 6.45) is 1.31. The fraction of sp³-hybridized carbons (Fsp3) is 0.423. The highest BCUT2D eigenvalue weighted by atomic mass is 16.5. The number of carbonyl (C=O) groups is 3. The second-order valence-electron chi connectivity index (χ2n) is 9.03. The van der Waals surface area contributed by atoms with E-state index in [2.05, 4.69) is 0 Å². The third-order valence-electron chi connectivity index (χ3n) is 5.93. The molecule has 3 rings (SSSR count). The summed E-state index contributed by atoms with van der Waals surface area (Å²) in [5, 5.41) is 18.4. The molecule has 0 saturated carbocycles. The SMILES string of the molecule is CC(C)(CCCCN1C(=O)C(CCOc2ccccc2CC(=O)O)Oc2ccccc21)C(=O)O. The smallest absolute Gasteiger partial charge is 0.309 e. The molecule has 1 amide bonds. The van der Waals surface area contributed by atoms with Gasteiger partial charge < -0.3 is 24.6 Å². The third kappa shape index (κ3) is 6.27. The molecule has 0 fully saturated rings. The van der Waals surface area contributed by atoms with Gasteiger partial charge in [-0.05, 0) is 44.9 Å². The zero-order chi connectivity index (χ0) is 24.7. The summed E-state index contributed by atoms with van der Waals surface area (Å²) in [7, 11) is 0. The minimum Gasteiger partial charge on any atom is -0.493 e. The summed E-state index contributed by atoms with van der Waals surface area (Å²) in [5.41, 5.74) is 0.472. The maximum Gasteiger partial charge on any atom is 0.309 e. The van der Waals surface area contributed by atoms with Crippen molar-refractivity contribution in [3.63, 3.8) is 0 Å². The molecule has 1 atom stereocenters. The molecule has 0 radical (unpaired) electrons. The van der Waals surface area contributed by atoms with Gasteiger partial charge in [0.1, 0.15) is 11.5 Å². The number of rotatable bonds is 12. The molecule has 2 aromatic carbocycles. The molecule has 34 heavy (non-hydrogen) atoms. The van der Waals surface area contributed by atoms with Gasteiger partial charge in [0.15, 0.2) is 6.10 Å². The van der Waals surface area contributed by atoms with E-state index in [1.807, 2.05) is 24.3 Å². The van der Waals surface area contributed by atoms with Gasteiger partial charge in [-0.2, -0.15) is 0 Å². The maximum absolute atomic E-state index is 13.2. The molecule has 0 aromatic heterocycles. The number of carboxylic acids is 2. The molecule has 2 aromatic rings. The third-order valence-corrected chi connectivity index (χ3v) is 5.93. The standard InChI is InChI=1S/C26H31NO7/c1-26(2,25(31)32)14-7-8-15-27-19-10-4-6-12-21(19)34-22(24(27)30)13-16-33-20-11-5-3-9-18(20)17-23(28)29/h3-6,9-12,22H,7-8,13-17H2,1-2H3,(H,28,29)(H,31,32). The second-order valence-corrected chi connectivity index (χ2v) is 9.03. The van der Waals surface area contributed by atoms with Crippen LogP contribution in [0.5, 0.6) is 11.5 Å². The van der Waals surface area contributed by atoms with E-state index in [1.54, 1.807) is 43.0 Å². The Labute approximate surface area is 199 Å². The summed E-state index contributed by atoms with van der Waals surface area (Å²) in [5.74, 6) is -0.847. The lowest BCUT2D eigenvalue weighted by Gasteiger charge is -2.34. The predicted molar refractivity (Wildman–Crippen MR) is 126 cm³/mol. The highest BCUT2D eigenvalue weighted by Gasteiger charge is 2.34. The number of ether oxygens (including phenoxy) is 2. The lowest BCUT2D eigenvalue weighted by atomic mass is 9.87. The van der Waals surface area contributed by atoms with Crippen molar-refractivity contribution in [2.24, 2.45) is 5.41 Å². The number of unbranched alkanes of at least 4 members (excludes halogenated alkanes) is 1. The monoisotopic (exact) mass is 469 g/mol. The van der Waals surface area contributed by atoms with Gasteiger partial charge in [-0.15, -0.1) is 0 Å². The van der Waals surface area contributed by atoms with Gasteiger partial charge >= 0.3 is 11.9 Å². The topological polar surface area (TPSA) is 113 Å². The first-order chi connectivity index (χ1) is 16.2. The molecule has 1 heterocycles. The van der Waals surface area contributed by atoms with E-state index in [4.69, 9.17) is 14.6 Å². The molecule has 1 unspecified atom stereocenters. The van der Waals surface area contributed by atoms with Gasteiger partial charge in [0.2, 0.25) is 0 Å². The Bertz CT molecular complexity index is 1030. The molecule has 1 aliphatic heterocycles. The van der Waals surface area contributed by atoms with Crippen LogP contribution >= 0.6 is 0 Å². The van der Waals surface area contributed by atoms with Crippen LogP contribution in [0.4, 0.5) is 5.69 Å². The zero-order valence-corrected chi connectivity index (χ0v) is 19.5. The van der Waals surface area contributed by atoms with E-state index in [0.29, 0.717) is 55.0 Å². The zero-order valence-electron chi connectivity index (χ0n) is 19.5. The Balaban J connectivity index is 1.62. The molecule has 8 heteroatoms. The quantitative estimate of drug-likeness (QED) is 0.449. The van der Waals surface area contributed by atoms with Crippen LogP contribution in [0.3, 0.4) is 0 Å². The number of benzene rings is 2. The van der Waals surface area contributed by atoms with Crippen molar-refractivity contribution in [3.05, 3.63) is 54.1 Å². The summed E-state index contributed by atoms with van der Waals surface area (Å²) in [6.45, 7) is 4.06. The Hall–Kier alpha value is -3.55. The highest BCUT2D eigenvalue weighted by molar-refractivity contribution is 6.00. The van der Waals surface area contributed by atoms with Crippen LogP contribution in [-0.2, 0) is 20.8 Å². The maximum atomic E-state index is 13.2. The largest absolute Gasteiger partial charge is 0.493 e. The minimum atomic E-state index is -0.944. The van der Waals surface area contributed by atoms with E-state index in [0.717, 1.165) is 0 Å². The average molecular weight is 470 g/mol. The number of aliphatic carboxylic acids is 2. The molecule has 2 N–H and O–H groups in total. The summed E-state index contributed by atoms with van der Waals surface area (Å²) in [6, 6.07) is 14.3. The fourth-order valence-corrected chi connectivity index (χ4v) is 3.86. The number of fused-ring (bicyclic) bond motifs is 1. The van der Waals surface area contributed by atoms with Crippen molar-refractivity contribution in [3.8, 4) is 11.5 Å². The van der Waals surface area contributed by atoms with Gasteiger partial charge in [0, 0.05) is 18.5 Å². The van der Waals surface area contributed by atoms with Crippen molar-refractivity contribution in [2.75, 3.05) is 18.1 Å². The van der Waals surface area contributed by atoms with Crippen molar-refractivity contribution >= 4 is 23.5 Å². The number of anilines is 1. The van der Waals surface area contributed by atoms with Crippen LogP contribution in [0, 0.1) is 5.41 Å². The van der Waals surface area contributed by atoms with Crippen LogP contribution in [0.2, 0.25) is 0 Å². The van der Waals surface area contributed by atoms with Crippen LogP contribution in [0.25, 0.3) is 0 Å².